The first-order valence-corrected chi connectivity index (χ1v) is 9.59. The first kappa shape index (κ1) is 18.6. The van der Waals surface area contributed by atoms with Crippen molar-refractivity contribution in [3.05, 3.63) is 35.9 Å². The maximum Gasteiger partial charge on any atom is -0.00307 e. The highest BCUT2D eigenvalue weighted by Gasteiger charge is 2.52. The second-order valence-corrected chi connectivity index (χ2v) is 8.25. The summed E-state index contributed by atoms with van der Waals surface area (Å²) in [6.07, 6.45) is 6.58. The highest BCUT2D eigenvalue weighted by Crippen LogP contribution is 2.59. The Labute approximate surface area is 148 Å². The van der Waals surface area contributed by atoms with Crippen LogP contribution in [0.15, 0.2) is 30.3 Å². The molecule has 1 nitrogen and oxygen atoms in total. The summed E-state index contributed by atoms with van der Waals surface area (Å²) in [7, 11) is 1.50. The fourth-order valence-corrected chi connectivity index (χ4v) is 5.92. The largest absolute Gasteiger partial charge is 0.333 e. The molecule has 23 heavy (non-hydrogen) atoms. The van der Waals surface area contributed by atoms with E-state index in [1.807, 2.05) is 0 Å². The van der Waals surface area contributed by atoms with E-state index in [4.69, 9.17) is 12.2 Å². The molecule has 2 aliphatic carbocycles. The van der Waals surface area contributed by atoms with E-state index in [2.05, 4.69) is 62.2 Å². The minimum atomic E-state index is 0.238. The third kappa shape index (κ3) is 3.53. The topological polar surface area (TPSA) is 26.0 Å². The molecular weight excluding hydrogens is 298 g/mol. The molecule has 5 atom stereocenters. The van der Waals surface area contributed by atoms with Gasteiger partial charge in [-0.3, -0.25) is 0 Å². The van der Waals surface area contributed by atoms with E-state index in [1.165, 1.54) is 39.2 Å². The summed E-state index contributed by atoms with van der Waals surface area (Å²) >= 11 is 5.44. The van der Waals surface area contributed by atoms with Gasteiger partial charge >= 0.3 is 0 Å². The van der Waals surface area contributed by atoms with E-state index in [9.17, 15) is 0 Å². The lowest BCUT2D eigenvalue weighted by molar-refractivity contribution is 0.00462. The van der Waals surface area contributed by atoms with Gasteiger partial charge in [-0.25, -0.2) is 0 Å². The average molecular weight is 332 g/mol. The number of hydrogen-bond acceptors (Lipinski definition) is 2. The van der Waals surface area contributed by atoms with Crippen LogP contribution in [0.4, 0.5) is 0 Å². The van der Waals surface area contributed by atoms with Crippen LogP contribution >= 0.6 is 12.2 Å². The van der Waals surface area contributed by atoms with Crippen molar-refractivity contribution in [3.8, 4) is 0 Å². The van der Waals surface area contributed by atoms with Gasteiger partial charge in [0.15, 0.2) is 0 Å². The van der Waals surface area contributed by atoms with E-state index >= 15 is 0 Å². The normalized spacial score (nSPS) is 39.1. The third-order valence-corrected chi connectivity index (χ3v) is 6.88. The number of fused-ring (bicyclic) bond motifs is 2. The Morgan fingerprint density at radius 3 is 2.39 bits per heavy atom. The molecule has 1 aromatic rings. The minimum Gasteiger partial charge on any atom is -0.333 e. The van der Waals surface area contributed by atoms with Crippen LogP contribution < -0.4 is 5.73 Å². The predicted octanol–water partition coefficient (Wildman–Crippen LogP) is 5.37. The fourth-order valence-electron chi connectivity index (χ4n) is 5.74. The van der Waals surface area contributed by atoms with Crippen molar-refractivity contribution in [2.75, 3.05) is 7.05 Å². The van der Waals surface area contributed by atoms with Gasteiger partial charge in [-0.2, -0.15) is 0 Å². The lowest BCUT2D eigenvalue weighted by Crippen LogP contribution is -2.50. The number of hydrogen-bond donors (Lipinski definition) is 1. The van der Waals surface area contributed by atoms with Gasteiger partial charge in [0.2, 0.25) is 0 Å². The van der Waals surface area contributed by atoms with Crippen LogP contribution in [0, 0.1) is 23.2 Å². The van der Waals surface area contributed by atoms with Gasteiger partial charge in [-0.15, -0.1) is 0 Å². The monoisotopic (exact) mass is 331 g/mol. The van der Waals surface area contributed by atoms with Gasteiger partial charge in [-0.1, -0.05) is 69.7 Å². The highest BCUT2D eigenvalue weighted by molar-refractivity contribution is 7.79. The lowest BCUT2D eigenvalue weighted by atomic mass is 9.48. The Hall–Kier alpha value is -0.730. The first-order chi connectivity index (χ1) is 11.0. The molecule has 3 rings (SSSR count). The van der Waals surface area contributed by atoms with Crippen LogP contribution in [0.5, 0.6) is 0 Å². The second-order valence-electron chi connectivity index (χ2n) is 8.02. The quantitative estimate of drug-likeness (QED) is 0.753. The summed E-state index contributed by atoms with van der Waals surface area (Å²) in [4.78, 5) is 0. The summed E-state index contributed by atoms with van der Waals surface area (Å²) in [6, 6.07) is 11.3. The molecule has 0 aromatic heterocycles. The van der Waals surface area contributed by atoms with Gasteiger partial charge < -0.3 is 5.73 Å². The third-order valence-electron chi connectivity index (χ3n) is 6.31. The SMILES string of the molecule is CCC1C(C)CC2(c3ccccc3)CC1CC(C)(C=S)C2.CN. The molecule has 1 aromatic carbocycles. The summed E-state index contributed by atoms with van der Waals surface area (Å²) in [5, 5.41) is 2.08. The van der Waals surface area contributed by atoms with E-state index < -0.39 is 0 Å². The average Bonchev–Trinajstić information content (AvgIpc) is 2.57. The standard InChI is InChI=1S/C20H28S.CH5N/c1-4-18-15(2)10-20(17-8-6-5-7-9-17)12-16(18)11-19(3,13-20)14-21;1-2/h5-9,14-16,18H,4,10-13H2,1-3H3;2H2,1H3. The number of rotatable bonds is 3. The predicted molar refractivity (Wildman–Crippen MR) is 105 cm³/mol. The van der Waals surface area contributed by atoms with Crippen molar-refractivity contribution >= 4 is 17.6 Å². The number of benzene rings is 1. The molecule has 0 aliphatic heterocycles. The van der Waals surface area contributed by atoms with Crippen molar-refractivity contribution in [2.24, 2.45) is 28.9 Å². The Bertz CT molecular complexity index is 510. The van der Waals surface area contributed by atoms with Gasteiger partial charge in [0.05, 0.1) is 0 Å². The van der Waals surface area contributed by atoms with E-state index in [0.29, 0.717) is 5.41 Å². The van der Waals surface area contributed by atoms with Crippen LogP contribution in [-0.4, -0.2) is 12.4 Å². The number of nitrogens with two attached hydrogens (primary N) is 1. The van der Waals surface area contributed by atoms with Crippen LogP contribution in [0.2, 0.25) is 0 Å². The molecule has 0 spiro atoms. The van der Waals surface area contributed by atoms with E-state index in [0.717, 1.165) is 17.8 Å². The zero-order chi connectivity index (χ0) is 17.1. The summed E-state index contributed by atoms with van der Waals surface area (Å²) < 4.78 is 0. The molecule has 0 amide bonds. The molecule has 2 heteroatoms. The van der Waals surface area contributed by atoms with Crippen molar-refractivity contribution in [2.45, 2.75) is 58.3 Å². The molecule has 2 saturated carbocycles. The van der Waals surface area contributed by atoms with E-state index in [1.54, 1.807) is 5.56 Å². The van der Waals surface area contributed by atoms with Crippen molar-refractivity contribution in [3.63, 3.8) is 0 Å². The van der Waals surface area contributed by atoms with E-state index in [-0.39, 0.29) is 5.41 Å². The smallest absolute Gasteiger partial charge is 0.00307 e. The van der Waals surface area contributed by atoms with Gasteiger partial charge in [0, 0.05) is 0 Å². The molecule has 128 valence electrons. The van der Waals surface area contributed by atoms with Crippen LogP contribution in [0.1, 0.15) is 58.4 Å². The van der Waals surface area contributed by atoms with Gasteiger partial charge in [-0.05, 0) is 72.2 Å². The lowest BCUT2D eigenvalue weighted by Gasteiger charge is -2.57. The molecule has 2 bridgehead atoms. The Morgan fingerprint density at radius 2 is 1.83 bits per heavy atom. The van der Waals surface area contributed by atoms with Crippen molar-refractivity contribution in [1.29, 1.82) is 0 Å². The summed E-state index contributed by atoms with van der Waals surface area (Å²) in [5.74, 6) is 2.57. The van der Waals surface area contributed by atoms with Gasteiger partial charge in [0.1, 0.15) is 0 Å². The molecule has 2 aliphatic rings. The molecule has 0 radical (unpaired) electrons. The zero-order valence-corrected chi connectivity index (χ0v) is 16.0. The Morgan fingerprint density at radius 1 is 1.17 bits per heavy atom. The second kappa shape index (κ2) is 7.44. The fraction of sp³-hybridized carbons (Fsp3) is 0.667. The van der Waals surface area contributed by atoms with Crippen LogP contribution in [0.3, 0.4) is 0 Å². The van der Waals surface area contributed by atoms with Crippen LogP contribution in [0.25, 0.3) is 0 Å². The Kier molecular flexibility index (Phi) is 6.02. The highest BCUT2D eigenvalue weighted by atomic mass is 32.1. The molecular formula is C21H33NS. The molecule has 0 saturated heterocycles. The molecule has 2 N–H and O–H groups in total. The zero-order valence-electron chi connectivity index (χ0n) is 15.2. The molecule has 2 fully saturated rings. The first-order valence-electron chi connectivity index (χ1n) is 9.11. The summed E-state index contributed by atoms with van der Waals surface area (Å²) in [5.41, 5.74) is 6.65. The summed E-state index contributed by atoms with van der Waals surface area (Å²) in [6.45, 7) is 7.25. The van der Waals surface area contributed by atoms with Gasteiger partial charge in [0.25, 0.3) is 0 Å². The minimum absolute atomic E-state index is 0.238. The molecule has 0 heterocycles. The van der Waals surface area contributed by atoms with Crippen molar-refractivity contribution in [1.82, 2.24) is 0 Å². The van der Waals surface area contributed by atoms with Crippen molar-refractivity contribution < 1.29 is 0 Å². The maximum atomic E-state index is 5.44. The number of thiocarbonyl (C=S) groups is 1. The Balaban J connectivity index is 0.000000924. The maximum absolute atomic E-state index is 5.44. The van der Waals surface area contributed by atoms with Crippen LogP contribution in [-0.2, 0) is 5.41 Å². The molecule has 5 unspecified atom stereocenters.